The smallest absolute Gasteiger partial charge is 0.315 e. The minimum Gasteiger partial charge on any atom is -0.426 e. The molecule has 0 aliphatic heterocycles. The molecular formula is C16H17NO2. The fourth-order valence-electron chi connectivity index (χ4n) is 1.81. The van der Waals surface area contributed by atoms with E-state index >= 15 is 0 Å². The Kier molecular flexibility index (Phi) is 4.70. The minimum atomic E-state index is -0.252. The molecule has 98 valence electrons. The molecule has 0 heterocycles. The summed E-state index contributed by atoms with van der Waals surface area (Å²) >= 11 is 0. The summed E-state index contributed by atoms with van der Waals surface area (Å²) in [5.74, 6) is 0.324. The van der Waals surface area contributed by atoms with Gasteiger partial charge in [-0.1, -0.05) is 42.5 Å². The van der Waals surface area contributed by atoms with E-state index in [2.05, 4.69) is 0 Å². The Hall–Kier alpha value is -2.13. The van der Waals surface area contributed by atoms with Crippen molar-refractivity contribution < 1.29 is 9.53 Å². The number of hydrogen-bond acceptors (Lipinski definition) is 3. The summed E-state index contributed by atoms with van der Waals surface area (Å²) in [4.78, 5) is 11.8. The van der Waals surface area contributed by atoms with Gasteiger partial charge in [0.05, 0.1) is 6.42 Å². The molecular weight excluding hydrogens is 238 g/mol. The third-order valence-electron chi connectivity index (χ3n) is 2.78. The van der Waals surface area contributed by atoms with Crippen molar-refractivity contribution >= 4 is 5.97 Å². The molecule has 0 bridgehead atoms. The Morgan fingerprint density at radius 3 is 2.21 bits per heavy atom. The molecule has 3 nitrogen and oxygen atoms in total. The molecule has 0 spiro atoms. The van der Waals surface area contributed by atoms with Gasteiger partial charge in [0.1, 0.15) is 5.75 Å². The summed E-state index contributed by atoms with van der Waals surface area (Å²) in [5, 5.41) is 0. The lowest BCUT2D eigenvalue weighted by atomic mass is 10.1. The summed E-state index contributed by atoms with van der Waals surface area (Å²) < 4.78 is 5.24. The summed E-state index contributed by atoms with van der Waals surface area (Å²) in [6.07, 6.45) is 1.13. The third kappa shape index (κ3) is 4.23. The van der Waals surface area contributed by atoms with Gasteiger partial charge < -0.3 is 10.5 Å². The molecule has 2 rings (SSSR count). The summed E-state index contributed by atoms with van der Waals surface area (Å²) in [6.45, 7) is 0.634. The number of rotatable bonds is 5. The first-order valence-corrected chi connectivity index (χ1v) is 6.31. The van der Waals surface area contributed by atoms with Crippen molar-refractivity contribution in [2.75, 3.05) is 6.54 Å². The molecule has 0 saturated carbocycles. The fraction of sp³-hybridized carbons (Fsp3) is 0.188. The number of carbonyl (C=O) groups excluding carboxylic acids is 1. The topological polar surface area (TPSA) is 52.3 Å². The number of benzene rings is 2. The highest BCUT2D eigenvalue weighted by Gasteiger charge is 2.06. The van der Waals surface area contributed by atoms with Crippen LogP contribution in [0, 0.1) is 0 Å². The normalized spacial score (nSPS) is 10.2. The molecule has 0 atom stereocenters. The SMILES string of the molecule is NCCc1ccc(CC(=O)Oc2ccccc2)cc1. The molecule has 2 aromatic carbocycles. The van der Waals surface area contributed by atoms with E-state index in [0.29, 0.717) is 12.3 Å². The van der Waals surface area contributed by atoms with Gasteiger partial charge in [-0.05, 0) is 36.2 Å². The van der Waals surface area contributed by atoms with Gasteiger partial charge in [0, 0.05) is 0 Å². The molecule has 19 heavy (non-hydrogen) atoms. The predicted molar refractivity (Wildman–Crippen MR) is 75.0 cm³/mol. The Morgan fingerprint density at radius 2 is 1.58 bits per heavy atom. The van der Waals surface area contributed by atoms with Gasteiger partial charge in [0.2, 0.25) is 0 Å². The van der Waals surface area contributed by atoms with Gasteiger partial charge >= 0.3 is 5.97 Å². The molecule has 0 saturated heterocycles. The van der Waals surface area contributed by atoms with Gasteiger partial charge in [0.25, 0.3) is 0 Å². The Balaban J connectivity index is 1.91. The predicted octanol–water partition coefficient (Wildman–Crippen LogP) is 2.34. The van der Waals surface area contributed by atoms with Crippen LogP contribution in [0.25, 0.3) is 0 Å². The molecule has 0 amide bonds. The lowest BCUT2D eigenvalue weighted by Crippen LogP contribution is -2.11. The second-order valence-corrected chi connectivity index (χ2v) is 4.32. The Morgan fingerprint density at radius 1 is 0.947 bits per heavy atom. The van der Waals surface area contributed by atoms with Gasteiger partial charge in [-0.25, -0.2) is 0 Å². The van der Waals surface area contributed by atoms with E-state index in [1.807, 2.05) is 42.5 Å². The molecule has 3 heteroatoms. The average Bonchev–Trinajstić information content (AvgIpc) is 2.42. The van der Waals surface area contributed by atoms with Gasteiger partial charge in [-0.2, -0.15) is 0 Å². The van der Waals surface area contributed by atoms with E-state index in [4.69, 9.17) is 10.5 Å². The first-order chi connectivity index (χ1) is 9.28. The van der Waals surface area contributed by atoms with Crippen molar-refractivity contribution in [1.82, 2.24) is 0 Å². The quantitative estimate of drug-likeness (QED) is 0.659. The van der Waals surface area contributed by atoms with Crippen molar-refractivity contribution in [3.8, 4) is 5.75 Å². The molecule has 0 aliphatic rings. The lowest BCUT2D eigenvalue weighted by molar-refractivity contribution is -0.133. The zero-order valence-corrected chi connectivity index (χ0v) is 10.7. The van der Waals surface area contributed by atoms with Crippen LogP contribution in [0.4, 0.5) is 0 Å². The van der Waals surface area contributed by atoms with Crippen molar-refractivity contribution in [2.45, 2.75) is 12.8 Å². The molecule has 2 aromatic rings. The maximum Gasteiger partial charge on any atom is 0.315 e. The van der Waals surface area contributed by atoms with Crippen LogP contribution in [-0.2, 0) is 17.6 Å². The van der Waals surface area contributed by atoms with E-state index < -0.39 is 0 Å². The zero-order valence-electron chi connectivity index (χ0n) is 10.7. The number of nitrogens with two attached hydrogens (primary N) is 1. The number of carbonyl (C=O) groups is 1. The summed E-state index contributed by atoms with van der Waals surface area (Å²) in [7, 11) is 0. The highest BCUT2D eigenvalue weighted by molar-refractivity contribution is 5.75. The van der Waals surface area contributed by atoms with Crippen LogP contribution in [0.3, 0.4) is 0 Å². The first-order valence-electron chi connectivity index (χ1n) is 6.31. The van der Waals surface area contributed by atoms with Crippen molar-refractivity contribution in [3.63, 3.8) is 0 Å². The molecule has 0 aromatic heterocycles. The maximum absolute atomic E-state index is 11.8. The summed E-state index contributed by atoms with van der Waals surface area (Å²) in [5.41, 5.74) is 7.62. The summed E-state index contributed by atoms with van der Waals surface area (Å²) in [6, 6.07) is 17.0. The largest absolute Gasteiger partial charge is 0.426 e. The number of hydrogen-bond donors (Lipinski definition) is 1. The van der Waals surface area contributed by atoms with Gasteiger partial charge in [0.15, 0.2) is 0 Å². The standard InChI is InChI=1S/C16H17NO2/c17-11-10-13-6-8-14(9-7-13)12-16(18)19-15-4-2-1-3-5-15/h1-9H,10-12,17H2. The number of para-hydroxylation sites is 1. The Labute approximate surface area is 113 Å². The van der Waals surface area contributed by atoms with Crippen LogP contribution in [0.15, 0.2) is 54.6 Å². The van der Waals surface area contributed by atoms with Crippen molar-refractivity contribution in [3.05, 3.63) is 65.7 Å². The minimum absolute atomic E-state index is 0.252. The second-order valence-electron chi connectivity index (χ2n) is 4.32. The van der Waals surface area contributed by atoms with Crippen LogP contribution in [0.1, 0.15) is 11.1 Å². The van der Waals surface area contributed by atoms with Crippen LogP contribution >= 0.6 is 0 Å². The van der Waals surface area contributed by atoms with Gasteiger partial charge in [-0.15, -0.1) is 0 Å². The van der Waals surface area contributed by atoms with Crippen LogP contribution in [0.5, 0.6) is 5.75 Å². The van der Waals surface area contributed by atoms with E-state index in [9.17, 15) is 4.79 Å². The van der Waals surface area contributed by atoms with E-state index in [-0.39, 0.29) is 12.4 Å². The molecule has 0 radical (unpaired) electrons. The number of esters is 1. The molecule has 0 fully saturated rings. The van der Waals surface area contributed by atoms with Crippen molar-refractivity contribution in [2.24, 2.45) is 5.73 Å². The Bertz CT molecular complexity index is 520. The van der Waals surface area contributed by atoms with Crippen LogP contribution in [0.2, 0.25) is 0 Å². The second kappa shape index (κ2) is 6.71. The molecule has 0 unspecified atom stereocenters. The van der Waals surface area contributed by atoms with Gasteiger partial charge in [-0.3, -0.25) is 4.79 Å². The fourth-order valence-corrected chi connectivity index (χ4v) is 1.81. The van der Waals surface area contributed by atoms with E-state index in [1.165, 1.54) is 5.56 Å². The number of ether oxygens (including phenoxy) is 1. The van der Waals surface area contributed by atoms with Crippen LogP contribution < -0.4 is 10.5 Å². The van der Waals surface area contributed by atoms with Crippen LogP contribution in [-0.4, -0.2) is 12.5 Å². The first kappa shape index (κ1) is 13.3. The monoisotopic (exact) mass is 255 g/mol. The van der Waals surface area contributed by atoms with E-state index in [0.717, 1.165) is 12.0 Å². The zero-order chi connectivity index (χ0) is 13.5. The maximum atomic E-state index is 11.8. The highest BCUT2D eigenvalue weighted by Crippen LogP contribution is 2.11. The van der Waals surface area contributed by atoms with Crippen molar-refractivity contribution in [1.29, 1.82) is 0 Å². The molecule has 0 aliphatic carbocycles. The average molecular weight is 255 g/mol. The third-order valence-corrected chi connectivity index (χ3v) is 2.78. The highest BCUT2D eigenvalue weighted by atomic mass is 16.5. The molecule has 2 N–H and O–H groups in total. The lowest BCUT2D eigenvalue weighted by Gasteiger charge is -2.05. The van der Waals surface area contributed by atoms with E-state index in [1.54, 1.807) is 12.1 Å².